The smallest absolute Gasteiger partial charge is 0.266 e. The largest absolute Gasteiger partial charge is 0.266 e. The minimum Gasteiger partial charge on any atom is -0.266 e. The van der Waals surface area contributed by atoms with Crippen LogP contribution in [0, 0.1) is 13.8 Å². The molecule has 4 rings (SSSR count). The predicted molar refractivity (Wildman–Crippen MR) is 119 cm³/mol. The molecule has 1 N–H and O–H groups in total. The van der Waals surface area contributed by atoms with E-state index in [9.17, 15) is 8.42 Å². The first kappa shape index (κ1) is 20.4. The fourth-order valence-electron chi connectivity index (χ4n) is 3.31. The van der Waals surface area contributed by atoms with E-state index in [-0.39, 0.29) is 10.7 Å². The molecule has 0 aliphatic heterocycles. The summed E-state index contributed by atoms with van der Waals surface area (Å²) in [5.41, 5.74) is 2.84. The number of halogens is 1. The lowest BCUT2D eigenvalue weighted by Gasteiger charge is -2.07. The second-order valence-corrected chi connectivity index (χ2v) is 9.41. The van der Waals surface area contributed by atoms with Crippen LogP contribution in [0.5, 0.6) is 0 Å². The van der Waals surface area contributed by atoms with E-state index < -0.39 is 10.0 Å². The van der Waals surface area contributed by atoms with Crippen LogP contribution in [-0.2, 0) is 16.6 Å². The van der Waals surface area contributed by atoms with E-state index in [4.69, 9.17) is 0 Å². The summed E-state index contributed by atoms with van der Waals surface area (Å²) in [7, 11) is -3.84. The fraction of sp³-hybridized carbons (Fsp3) is 0.143. The minimum atomic E-state index is -3.84. The summed E-state index contributed by atoms with van der Waals surface area (Å²) >= 11 is 3.41. The van der Waals surface area contributed by atoms with Gasteiger partial charge in [-0.1, -0.05) is 46.3 Å². The molecular weight excluding hydrogens is 466 g/mol. The van der Waals surface area contributed by atoms with Crippen LogP contribution in [0.4, 0.5) is 5.82 Å². The molecule has 30 heavy (non-hydrogen) atoms. The second kappa shape index (κ2) is 8.08. The summed E-state index contributed by atoms with van der Waals surface area (Å²) in [4.78, 5) is 0.161. The third-order valence-corrected chi connectivity index (χ3v) is 6.77. The van der Waals surface area contributed by atoms with E-state index in [1.54, 1.807) is 35.5 Å². The topological polar surface area (TPSA) is 81.8 Å². The van der Waals surface area contributed by atoms with E-state index in [1.807, 2.05) is 54.6 Å². The predicted octanol–water partition coefficient (Wildman–Crippen LogP) is 4.30. The number of para-hydroxylation sites is 1. The third-order valence-electron chi connectivity index (χ3n) is 4.63. The molecule has 0 atom stereocenters. The Balaban J connectivity index is 1.58. The average Bonchev–Trinajstić information content (AvgIpc) is 3.27. The van der Waals surface area contributed by atoms with Crippen LogP contribution in [0.15, 0.2) is 76.2 Å². The van der Waals surface area contributed by atoms with Gasteiger partial charge in [-0.2, -0.15) is 10.2 Å². The highest BCUT2D eigenvalue weighted by Gasteiger charge is 2.26. The lowest BCUT2D eigenvalue weighted by molar-refractivity contribution is 0.599. The molecule has 2 aromatic heterocycles. The van der Waals surface area contributed by atoms with Crippen molar-refractivity contribution in [3.05, 3.63) is 88.3 Å². The number of hydrogen-bond acceptors (Lipinski definition) is 4. The first-order valence-corrected chi connectivity index (χ1v) is 11.5. The lowest BCUT2D eigenvalue weighted by atomic mass is 10.2. The minimum absolute atomic E-state index is 0.161. The van der Waals surface area contributed by atoms with Crippen molar-refractivity contribution >= 4 is 31.8 Å². The standard InChI is InChI=1S/C21H20BrN5O2S/c1-15-21(16(2)27(23-15)19-6-4-3-5-7-19)30(28,29)25-20-12-13-26(24-20)14-17-8-10-18(22)11-9-17/h3-13H,14H2,1-2H3,(H,24,25). The van der Waals surface area contributed by atoms with Gasteiger partial charge in [0.05, 0.1) is 23.6 Å². The number of hydrogen-bond donors (Lipinski definition) is 1. The Bertz CT molecular complexity index is 1280. The maximum atomic E-state index is 13.1. The van der Waals surface area contributed by atoms with Crippen molar-refractivity contribution in [2.75, 3.05) is 4.72 Å². The van der Waals surface area contributed by atoms with E-state index in [1.165, 1.54) is 0 Å². The van der Waals surface area contributed by atoms with Gasteiger partial charge in [-0.3, -0.25) is 9.40 Å². The van der Waals surface area contributed by atoms with Crippen LogP contribution in [0.1, 0.15) is 17.0 Å². The molecule has 4 aromatic rings. The molecule has 0 radical (unpaired) electrons. The molecule has 0 amide bonds. The first-order chi connectivity index (χ1) is 14.3. The van der Waals surface area contributed by atoms with Gasteiger partial charge in [-0.05, 0) is 43.7 Å². The van der Waals surface area contributed by atoms with Crippen molar-refractivity contribution in [1.82, 2.24) is 19.6 Å². The molecule has 0 aliphatic carbocycles. The third kappa shape index (κ3) is 4.17. The molecule has 9 heteroatoms. The Morgan fingerprint density at radius 1 is 0.967 bits per heavy atom. The van der Waals surface area contributed by atoms with Gasteiger partial charge in [0.15, 0.2) is 5.82 Å². The highest BCUT2D eigenvalue weighted by Crippen LogP contribution is 2.24. The zero-order valence-corrected chi connectivity index (χ0v) is 18.9. The Morgan fingerprint density at radius 3 is 2.37 bits per heavy atom. The van der Waals surface area contributed by atoms with Crippen molar-refractivity contribution in [3.8, 4) is 5.69 Å². The van der Waals surface area contributed by atoms with Crippen LogP contribution in [-0.4, -0.2) is 28.0 Å². The highest BCUT2D eigenvalue weighted by molar-refractivity contribution is 9.10. The van der Waals surface area contributed by atoms with Gasteiger partial charge >= 0.3 is 0 Å². The number of sulfonamides is 1. The summed E-state index contributed by atoms with van der Waals surface area (Å²) < 4.78 is 33.0. The summed E-state index contributed by atoms with van der Waals surface area (Å²) in [5.74, 6) is 0.262. The van der Waals surface area contributed by atoms with Crippen LogP contribution in [0.2, 0.25) is 0 Å². The zero-order valence-electron chi connectivity index (χ0n) is 16.4. The molecule has 2 aromatic carbocycles. The molecule has 154 valence electrons. The molecule has 0 spiro atoms. The SMILES string of the molecule is Cc1nn(-c2ccccc2)c(C)c1S(=O)(=O)Nc1ccn(Cc2ccc(Br)cc2)n1. The van der Waals surface area contributed by atoms with Gasteiger partial charge in [0.25, 0.3) is 10.0 Å². The van der Waals surface area contributed by atoms with Gasteiger partial charge in [0.2, 0.25) is 0 Å². The molecule has 0 saturated heterocycles. The molecule has 0 aliphatic rings. The molecule has 0 bridgehead atoms. The van der Waals surface area contributed by atoms with Gasteiger partial charge in [0.1, 0.15) is 4.90 Å². The zero-order chi connectivity index (χ0) is 21.3. The molecule has 0 unspecified atom stereocenters. The Hall–Kier alpha value is -2.91. The highest BCUT2D eigenvalue weighted by atomic mass is 79.9. The van der Waals surface area contributed by atoms with Gasteiger partial charge in [0, 0.05) is 16.7 Å². The van der Waals surface area contributed by atoms with E-state index in [2.05, 4.69) is 30.8 Å². The monoisotopic (exact) mass is 485 g/mol. The second-order valence-electron chi connectivity index (χ2n) is 6.88. The molecule has 0 fully saturated rings. The van der Waals surface area contributed by atoms with E-state index in [0.717, 1.165) is 15.7 Å². The average molecular weight is 486 g/mol. The number of anilines is 1. The lowest BCUT2D eigenvalue weighted by Crippen LogP contribution is -2.15. The number of aromatic nitrogens is 4. The molecule has 2 heterocycles. The van der Waals surface area contributed by atoms with Crippen LogP contribution >= 0.6 is 15.9 Å². The first-order valence-electron chi connectivity index (χ1n) is 9.26. The number of benzene rings is 2. The van der Waals surface area contributed by atoms with Crippen molar-refractivity contribution in [2.45, 2.75) is 25.3 Å². The normalized spacial score (nSPS) is 11.6. The molecule has 7 nitrogen and oxygen atoms in total. The maximum absolute atomic E-state index is 13.1. The summed E-state index contributed by atoms with van der Waals surface area (Å²) in [6.07, 6.45) is 1.74. The quantitative estimate of drug-likeness (QED) is 0.441. The number of nitrogens with zero attached hydrogens (tertiary/aromatic N) is 4. The van der Waals surface area contributed by atoms with Crippen molar-refractivity contribution in [3.63, 3.8) is 0 Å². The van der Waals surface area contributed by atoms with E-state index >= 15 is 0 Å². The summed E-state index contributed by atoms with van der Waals surface area (Å²) in [6, 6.07) is 19.0. The van der Waals surface area contributed by atoms with Crippen molar-refractivity contribution < 1.29 is 8.42 Å². The Labute approximate surface area is 183 Å². The maximum Gasteiger partial charge on any atom is 0.266 e. The molecule has 0 saturated carbocycles. The summed E-state index contributed by atoms with van der Waals surface area (Å²) in [5, 5.41) is 8.77. The van der Waals surface area contributed by atoms with Crippen LogP contribution in [0.25, 0.3) is 5.69 Å². The fourth-order valence-corrected chi connectivity index (χ4v) is 4.96. The number of aryl methyl sites for hydroxylation is 1. The molecular formula is C21H20BrN5O2S. The van der Waals surface area contributed by atoms with Gasteiger partial charge in [-0.15, -0.1) is 0 Å². The number of rotatable bonds is 6. The summed E-state index contributed by atoms with van der Waals surface area (Å²) in [6.45, 7) is 3.97. The number of nitrogens with one attached hydrogen (secondary N) is 1. The Morgan fingerprint density at radius 2 is 1.67 bits per heavy atom. The van der Waals surface area contributed by atoms with Crippen molar-refractivity contribution in [2.24, 2.45) is 0 Å². The van der Waals surface area contributed by atoms with Crippen molar-refractivity contribution in [1.29, 1.82) is 0 Å². The van der Waals surface area contributed by atoms with Crippen LogP contribution in [0.3, 0.4) is 0 Å². The van der Waals surface area contributed by atoms with Gasteiger partial charge < -0.3 is 0 Å². The van der Waals surface area contributed by atoms with Gasteiger partial charge in [-0.25, -0.2) is 13.1 Å². The van der Waals surface area contributed by atoms with E-state index in [0.29, 0.717) is 17.9 Å². The Kier molecular flexibility index (Phi) is 5.48. The van der Waals surface area contributed by atoms with Crippen LogP contribution < -0.4 is 4.72 Å².